The standard InChI is InChI=1S/C26H32N2O2/c1-3-5-6-7-8-11-18-27-26(29)23-19-25(28-24-13-10-9-12-22(23)24)20-14-16-21(17-15-20)30-4-2/h9-10,12-17,19H,3-8,11,18H2,1-2H3,(H,27,29). The zero-order chi connectivity index (χ0) is 21.2. The van der Waals surface area contributed by atoms with Gasteiger partial charge in [-0.25, -0.2) is 4.98 Å². The van der Waals surface area contributed by atoms with Gasteiger partial charge in [-0.05, 0) is 49.7 Å². The first-order chi connectivity index (χ1) is 14.7. The number of ether oxygens (including phenoxy) is 1. The molecule has 3 aromatic rings. The molecule has 0 saturated carbocycles. The van der Waals surface area contributed by atoms with Gasteiger partial charge in [0.25, 0.3) is 5.91 Å². The highest BCUT2D eigenvalue weighted by Crippen LogP contribution is 2.26. The molecule has 4 nitrogen and oxygen atoms in total. The number of nitrogens with one attached hydrogen (secondary N) is 1. The summed E-state index contributed by atoms with van der Waals surface area (Å²) in [5.74, 6) is 0.799. The molecule has 1 heterocycles. The van der Waals surface area contributed by atoms with Crippen LogP contribution >= 0.6 is 0 Å². The van der Waals surface area contributed by atoms with Crippen LogP contribution in [0.4, 0.5) is 0 Å². The zero-order valence-corrected chi connectivity index (χ0v) is 18.1. The minimum atomic E-state index is -0.0330. The molecule has 0 atom stereocenters. The average Bonchev–Trinajstić information content (AvgIpc) is 2.78. The summed E-state index contributed by atoms with van der Waals surface area (Å²) in [7, 11) is 0. The highest BCUT2D eigenvalue weighted by Gasteiger charge is 2.13. The number of carbonyl (C=O) groups excluding carboxylic acids is 1. The lowest BCUT2D eigenvalue weighted by Crippen LogP contribution is -2.24. The van der Waals surface area contributed by atoms with Crippen LogP contribution in [0, 0.1) is 0 Å². The number of aromatic nitrogens is 1. The largest absolute Gasteiger partial charge is 0.494 e. The lowest BCUT2D eigenvalue weighted by Gasteiger charge is -2.11. The van der Waals surface area contributed by atoms with E-state index in [1.54, 1.807) is 0 Å². The van der Waals surface area contributed by atoms with Crippen molar-refractivity contribution in [1.29, 1.82) is 0 Å². The highest BCUT2D eigenvalue weighted by atomic mass is 16.5. The van der Waals surface area contributed by atoms with E-state index in [9.17, 15) is 4.79 Å². The fourth-order valence-corrected chi connectivity index (χ4v) is 3.60. The van der Waals surface area contributed by atoms with Gasteiger partial charge in [0.1, 0.15) is 5.75 Å². The van der Waals surface area contributed by atoms with Crippen LogP contribution in [-0.2, 0) is 0 Å². The van der Waals surface area contributed by atoms with Crippen LogP contribution < -0.4 is 10.1 Å². The fraction of sp³-hybridized carbons (Fsp3) is 0.385. The lowest BCUT2D eigenvalue weighted by atomic mass is 10.0. The van der Waals surface area contributed by atoms with Crippen LogP contribution in [0.1, 0.15) is 62.7 Å². The molecule has 0 aliphatic heterocycles. The van der Waals surface area contributed by atoms with Crippen LogP contribution in [0.15, 0.2) is 54.6 Å². The predicted octanol–water partition coefficient (Wildman–Crippen LogP) is 6.39. The molecule has 0 bridgehead atoms. The van der Waals surface area contributed by atoms with Crippen LogP contribution in [0.5, 0.6) is 5.75 Å². The molecular weight excluding hydrogens is 372 g/mol. The van der Waals surface area contributed by atoms with E-state index >= 15 is 0 Å². The summed E-state index contributed by atoms with van der Waals surface area (Å²) in [5, 5.41) is 3.98. The molecule has 0 radical (unpaired) electrons. The lowest BCUT2D eigenvalue weighted by molar-refractivity contribution is 0.0954. The number of carbonyl (C=O) groups is 1. The second-order valence-electron chi connectivity index (χ2n) is 7.55. The first kappa shape index (κ1) is 21.8. The maximum atomic E-state index is 13.0. The third-order valence-corrected chi connectivity index (χ3v) is 5.24. The summed E-state index contributed by atoms with van der Waals surface area (Å²) in [4.78, 5) is 17.7. The van der Waals surface area contributed by atoms with Gasteiger partial charge in [0.05, 0.1) is 23.4 Å². The van der Waals surface area contributed by atoms with Crippen molar-refractivity contribution in [2.45, 2.75) is 52.4 Å². The van der Waals surface area contributed by atoms with E-state index in [1.807, 2.05) is 61.5 Å². The Bertz CT molecular complexity index is 951. The topological polar surface area (TPSA) is 51.2 Å². The summed E-state index contributed by atoms with van der Waals surface area (Å²) in [6, 6.07) is 17.6. The van der Waals surface area contributed by atoms with E-state index in [0.717, 1.165) is 40.8 Å². The number of fused-ring (bicyclic) bond motifs is 1. The maximum Gasteiger partial charge on any atom is 0.252 e. The molecule has 1 aromatic heterocycles. The summed E-state index contributed by atoms with van der Waals surface area (Å²) in [6.07, 6.45) is 7.25. The minimum Gasteiger partial charge on any atom is -0.494 e. The summed E-state index contributed by atoms with van der Waals surface area (Å²) < 4.78 is 5.53. The van der Waals surface area contributed by atoms with E-state index in [-0.39, 0.29) is 5.91 Å². The van der Waals surface area contributed by atoms with E-state index in [0.29, 0.717) is 18.7 Å². The Kier molecular flexibility index (Phi) is 8.25. The Morgan fingerprint density at radius 3 is 2.43 bits per heavy atom. The highest BCUT2D eigenvalue weighted by molar-refractivity contribution is 6.07. The number of benzene rings is 2. The van der Waals surface area contributed by atoms with Crippen molar-refractivity contribution in [3.05, 3.63) is 60.2 Å². The van der Waals surface area contributed by atoms with Gasteiger partial charge >= 0.3 is 0 Å². The molecule has 0 fully saturated rings. The number of para-hydroxylation sites is 1. The second-order valence-corrected chi connectivity index (χ2v) is 7.55. The molecule has 0 spiro atoms. The molecule has 1 amide bonds. The molecule has 1 N–H and O–H groups in total. The Morgan fingerprint density at radius 2 is 1.67 bits per heavy atom. The SMILES string of the molecule is CCCCCCCCNC(=O)c1cc(-c2ccc(OCC)cc2)nc2ccccc12. The van der Waals surface area contributed by atoms with Gasteiger partial charge in [-0.15, -0.1) is 0 Å². The van der Waals surface area contributed by atoms with E-state index in [1.165, 1.54) is 25.7 Å². The van der Waals surface area contributed by atoms with Gasteiger partial charge in [-0.1, -0.05) is 57.2 Å². The number of unbranched alkanes of at least 4 members (excludes halogenated alkanes) is 5. The third-order valence-electron chi connectivity index (χ3n) is 5.24. The maximum absolute atomic E-state index is 13.0. The van der Waals surface area contributed by atoms with Crippen molar-refractivity contribution in [3.8, 4) is 17.0 Å². The van der Waals surface area contributed by atoms with Crippen LogP contribution in [0.25, 0.3) is 22.2 Å². The van der Waals surface area contributed by atoms with Crippen molar-refractivity contribution in [3.63, 3.8) is 0 Å². The Labute approximate surface area is 179 Å². The molecule has 2 aromatic carbocycles. The van der Waals surface area contributed by atoms with Crippen LogP contribution in [-0.4, -0.2) is 24.0 Å². The van der Waals surface area contributed by atoms with Crippen molar-refractivity contribution < 1.29 is 9.53 Å². The van der Waals surface area contributed by atoms with E-state index in [2.05, 4.69) is 12.2 Å². The number of rotatable bonds is 11. The van der Waals surface area contributed by atoms with Crippen molar-refractivity contribution in [1.82, 2.24) is 10.3 Å². The number of amides is 1. The molecule has 0 unspecified atom stereocenters. The summed E-state index contributed by atoms with van der Waals surface area (Å²) >= 11 is 0. The smallest absolute Gasteiger partial charge is 0.252 e. The van der Waals surface area contributed by atoms with E-state index < -0.39 is 0 Å². The second kappa shape index (κ2) is 11.3. The van der Waals surface area contributed by atoms with Gasteiger partial charge in [0, 0.05) is 17.5 Å². The average molecular weight is 405 g/mol. The van der Waals surface area contributed by atoms with E-state index in [4.69, 9.17) is 9.72 Å². The van der Waals surface area contributed by atoms with Gasteiger partial charge in [-0.2, -0.15) is 0 Å². The molecule has 0 aliphatic carbocycles. The molecule has 0 saturated heterocycles. The Hall–Kier alpha value is -2.88. The van der Waals surface area contributed by atoms with Crippen molar-refractivity contribution in [2.75, 3.05) is 13.2 Å². The van der Waals surface area contributed by atoms with Gasteiger partial charge in [-0.3, -0.25) is 4.79 Å². The third kappa shape index (κ3) is 5.82. The van der Waals surface area contributed by atoms with Gasteiger partial charge in [0.2, 0.25) is 0 Å². The molecular formula is C26H32N2O2. The Balaban J connectivity index is 1.75. The minimum absolute atomic E-state index is 0.0330. The number of pyridine rings is 1. The number of hydrogen-bond donors (Lipinski definition) is 1. The van der Waals surface area contributed by atoms with Crippen LogP contribution in [0.3, 0.4) is 0 Å². The van der Waals surface area contributed by atoms with Gasteiger partial charge < -0.3 is 10.1 Å². The number of hydrogen-bond acceptors (Lipinski definition) is 3. The summed E-state index contributed by atoms with van der Waals surface area (Å²) in [6.45, 7) is 5.53. The normalized spacial score (nSPS) is 10.9. The number of nitrogens with zero attached hydrogens (tertiary/aromatic N) is 1. The quantitative estimate of drug-likeness (QED) is 0.377. The predicted molar refractivity (Wildman–Crippen MR) is 124 cm³/mol. The summed E-state index contributed by atoms with van der Waals surface area (Å²) in [5.41, 5.74) is 3.26. The van der Waals surface area contributed by atoms with Crippen molar-refractivity contribution in [2.24, 2.45) is 0 Å². The monoisotopic (exact) mass is 404 g/mol. The molecule has 4 heteroatoms. The molecule has 0 aliphatic rings. The van der Waals surface area contributed by atoms with Gasteiger partial charge in [0.15, 0.2) is 0 Å². The molecule has 30 heavy (non-hydrogen) atoms. The fourth-order valence-electron chi connectivity index (χ4n) is 3.60. The Morgan fingerprint density at radius 1 is 0.933 bits per heavy atom. The first-order valence-corrected chi connectivity index (χ1v) is 11.1. The van der Waals surface area contributed by atoms with Crippen LogP contribution in [0.2, 0.25) is 0 Å². The first-order valence-electron chi connectivity index (χ1n) is 11.1. The zero-order valence-electron chi connectivity index (χ0n) is 18.1. The molecule has 158 valence electrons. The van der Waals surface area contributed by atoms with Crippen molar-refractivity contribution >= 4 is 16.8 Å². The molecule has 3 rings (SSSR count).